The van der Waals surface area contributed by atoms with Gasteiger partial charge in [0, 0.05) is 18.7 Å². The molecule has 1 saturated heterocycles. The highest BCUT2D eigenvalue weighted by Crippen LogP contribution is 2.33. The molecule has 1 aliphatic heterocycles. The van der Waals surface area contributed by atoms with Gasteiger partial charge in [-0.2, -0.15) is 0 Å². The number of aldehydes is 1. The molecule has 1 aromatic rings. The monoisotopic (exact) mass is 251 g/mol. The van der Waals surface area contributed by atoms with Gasteiger partial charge in [-0.1, -0.05) is 31.0 Å². The van der Waals surface area contributed by atoms with Gasteiger partial charge >= 0.3 is 0 Å². The van der Waals surface area contributed by atoms with E-state index in [9.17, 15) is 4.79 Å². The molecule has 0 bridgehead atoms. The highest BCUT2D eigenvalue weighted by molar-refractivity contribution is 6.33. The van der Waals surface area contributed by atoms with E-state index in [0.29, 0.717) is 10.6 Å². The number of nitrogens with zero attached hydrogens (tertiary/aromatic N) is 1. The molecule has 0 saturated carbocycles. The van der Waals surface area contributed by atoms with Crippen LogP contribution in [0.25, 0.3) is 0 Å². The van der Waals surface area contributed by atoms with Gasteiger partial charge in [-0.15, -0.1) is 0 Å². The number of carbonyl (C=O) groups excluding carboxylic acids is 1. The Hall–Kier alpha value is -1.02. The van der Waals surface area contributed by atoms with Gasteiger partial charge in [0.15, 0.2) is 6.29 Å². The minimum atomic E-state index is 0.687. The number of rotatable bonds is 4. The first-order chi connectivity index (χ1) is 8.26. The van der Waals surface area contributed by atoms with Crippen molar-refractivity contribution in [3.05, 3.63) is 28.8 Å². The van der Waals surface area contributed by atoms with Crippen molar-refractivity contribution < 1.29 is 4.79 Å². The molecule has 0 aliphatic carbocycles. The minimum absolute atomic E-state index is 0.687. The lowest BCUT2D eigenvalue weighted by molar-refractivity contribution is 0.112. The van der Waals surface area contributed by atoms with Gasteiger partial charge in [0.2, 0.25) is 0 Å². The van der Waals surface area contributed by atoms with Crippen LogP contribution in [0.5, 0.6) is 0 Å². The highest BCUT2D eigenvalue weighted by Gasteiger charge is 2.24. The molecule has 1 atom stereocenters. The van der Waals surface area contributed by atoms with E-state index in [2.05, 4.69) is 11.8 Å². The van der Waals surface area contributed by atoms with Gasteiger partial charge in [-0.05, 0) is 30.9 Å². The van der Waals surface area contributed by atoms with Crippen molar-refractivity contribution in [2.75, 3.05) is 18.0 Å². The molecule has 17 heavy (non-hydrogen) atoms. The Morgan fingerprint density at radius 3 is 3.06 bits per heavy atom. The van der Waals surface area contributed by atoms with Crippen LogP contribution in [0.3, 0.4) is 0 Å². The van der Waals surface area contributed by atoms with E-state index in [-0.39, 0.29) is 0 Å². The zero-order valence-electron chi connectivity index (χ0n) is 10.2. The Morgan fingerprint density at radius 2 is 2.35 bits per heavy atom. The number of hydrogen-bond acceptors (Lipinski definition) is 2. The molecule has 0 amide bonds. The van der Waals surface area contributed by atoms with Gasteiger partial charge in [-0.3, -0.25) is 4.79 Å². The van der Waals surface area contributed by atoms with Crippen molar-refractivity contribution in [2.24, 2.45) is 5.92 Å². The predicted molar refractivity (Wildman–Crippen MR) is 72.1 cm³/mol. The van der Waals surface area contributed by atoms with Gasteiger partial charge in [0.1, 0.15) is 0 Å². The summed E-state index contributed by atoms with van der Waals surface area (Å²) in [6, 6.07) is 5.52. The van der Waals surface area contributed by atoms with Crippen LogP contribution < -0.4 is 4.90 Å². The molecule has 1 aromatic carbocycles. The zero-order valence-corrected chi connectivity index (χ0v) is 10.9. The topological polar surface area (TPSA) is 20.3 Å². The lowest BCUT2D eigenvalue weighted by Crippen LogP contribution is -2.21. The summed E-state index contributed by atoms with van der Waals surface area (Å²) in [4.78, 5) is 13.3. The quantitative estimate of drug-likeness (QED) is 0.759. The first-order valence-corrected chi connectivity index (χ1v) is 6.62. The molecule has 2 nitrogen and oxygen atoms in total. The molecular formula is C14H18ClNO. The lowest BCUT2D eigenvalue weighted by Gasteiger charge is -2.21. The largest absolute Gasteiger partial charge is 0.369 e. The second-order valence-electron chi connectivity index (χ2n) is 4.68. The van der Waals surface area contributed by atoms with E-state index in [0.717, 1.165) is 31.0 Å². The van der Waals surface area contributed by atoms with Crippen LogP contribution in [0, 0.1) is 5.92 Å². The van der Waals surface area contributed by atoms with E-state index in [1.807, 2.05) is 18.2 Å². The number of benzene rings is 1. The summed E-state index contributed by atoms with van der Waals surface area (Å²) in [5.41, 5.74) is 1.62. The molecular weight excluding hydrogens is 234 g/mol. The molecule has 2 rings (SSSR count). The van der Waals surface area contributed by atoms with Crippen LogP contribution in [-0.2, 0) is 0 Å². The van der Waals surface area contributed by atoms with Crippen LogP contribution >= 0.6 is 11.6 Å². The summed E-state index contributed by atoms with van der Waals surface area (Å²) >= 11 is 6.21. The normalized spacial score (nSPS) is 19.6. The first kappa shape index (κ1) is 12.4. The van der Waals surface area contributed by atoms with Gasteiger partial charge in [-0.25, -0.2) is 0 Å². The van der Waals surface area contributed by atoms with E-state index < -0.39 is 0 Å². The van der Waals surface area contributed by atoms with Gasteiger partial charge < -0.3 is 4.90 Å². The van der Waals surface area contributed by atoms with Crippen LogP contribution in [-0.4, -0.2) is 19.4 Å². The molecule has 3 heteroatoms. The maximum atomic E-state index is 11.1. The number of carbonyl (C=O) groups is 1. The van der Waals surface area contributed by atoms with E-state index >= 15 is 0 Å². The van der Waals surface area contributed by atoms with Crippen molar-refractivity contribution >= 4 is 23.6 Å². The fourth-order valence-corrected chi connectivity index (χ4v) is 2.94. The molecule has 1 unspecified atom stereocenters. The summed E-state index contributed by atoms with van der Waals surface area (Å²) < 4.78 is 0. The van der Waals surface area contributed by atoms with Crippen molar-refractivity contribution in [3.63, 3.8) is 0 Å². The standard InChI is InChI=1S/C14H18ClNO/c1-2-4-11-7-8-16(9-11)14-12(10-17)5-3-6-13(14)15/h3,5-6,10-11H,2,4,7-9H2,1H3. The number of hydrogen-bond donors (Lipinski definition) is 0. The molecule has 1 aliphatic rings. The maximum absolute atomic E-state index is 11.1. The van der Waals surface area contributed by atoms with E-state index in [1.165, 1.54) is 19.3 Å². The fraction of sp³-hybridized carbons (Fsp3) is 0.500. The Labute approximate surface area is 108 Å². The van der Waals surface area contributed by atoms with Gasteiger partial charge in [0.25, 0.3) is 0 Å². The van der Waals surface area contributed by atoms with Crippen LogP contribution in [0.1, 0.15) is 36.5 Å². The average Bonchev–Trinajstić information content (AvgIpc) is 2.77. The Morgan fingerprint density at radius 1 is 1.53 bits per heavy atom. The summed E-state index contributed by atoms with van der Waals surface area (Å²) in [6.45, 7) is 4.25. The van der Waals surface area contributed by atoms with Crippen LogP contribution in [0.4, 0.5) is 5.69 Å². The first-order valence-electron chi connectivity index (χ1n) is 6.25. The Balaban J connectivity index is 2.21. The molecule has 0 N–H and O–H groups in total. The third-order valence-corrected chi connectivity index (χ3v) is 3.75. The minimum Gasteiger partial charge on any atom is -0.369 e. The maximum Gasteiger partial charge on any atom is 0.152 e. The number of para-hydroxylation sites is 1. The highest BCUT2D eigenvalue weighted by atomic mass is 35.5. The third kappa shape index (κ3) is 2.63. The summed E-state index contributed by atoms with van der Waals surface area (Å²) in [5, 5.41) is 0.687. The fourth-order valence-electron chi connectivity index (χ4n) is 2.64. The van der Waals surface area contributed by atoms with Crippen molar-refractivity contribution in [1.29, 1.82) is 0 Å². The second kappa shape index (κ2) is 5.54. The Kier molecular flexibility index (Phi) is 4.06. The molecule has 1 fully saturated rings. The second-order valence-corrected chi connectivity index (χ2v) is 5.09. The van der Waals surface area contributed by atoms with Crippen molar-refractivity contribution in [1.82, 2.24) is 0 Å². The predicted octanol–water partition coefficient (Wildman–Crippen LogP) is 3.78. The molecule has 0 radical (unpaired) electrons. The smallest absolute Gasteiger partial charge is 0.152 e. The molecule has 0 spiro atoms. The number of halogens is 1. The average molecular weight is 252 g/mol. The lowest BCUT2D eigenvalue weighted by atomic mass is 10.0. The Bertz CT molecular complexity index is 405. The molecule has 1 heterocycles. The van der Waals surface area contributed by atoms with Crippen molar-refractivity contribution in [3.8, 4) is 0 Å². The van der Waals surface area contributed by atoms with Crippen LogP contribution in [0.2, 0.25) is 5.02 Å². The molecule has 0 aromatic heterocycles. The SMILES string of the molecule is CCCC1CCN(c2c(Cl)cccc2C=O)C1. The van der Waals surface area contributed by atoms with E-state index in [1.54, 1.807) is 0 Å². The third-order valence-electron chi connectivity index (χ3n) is 3.44. The summed E-state index contributed by atoms with van der Waals surface area (Å²) in [5.74, 6) is 0.746. The number of anilines is 1. The molecule has 92 valence electrons. The zero-order chi connectivity index (χ0) is 12.3. The van der Waals surface area contributed by atoms with E-state index in [4.69, 9.17) is 11.6 Å². The summed E-state index contributed by atoms with van der Waals surface area (Å²) in [6.07, 6.45) is 4.59. The van der Waals surface area contributed by atoms with Crippen molar-refractivity contribution in [2.45, 2.75) is 26.2 Å². The van der Waals surface area contributed by atoms with Crippen LogP contribution in [0.15, 0.2) is 18.2 Å². The van der Waals surface area contributed by atoms with Gasteiger partial charge in [0.05, 0.1) is 10.7 Å². The summed E-state index contributed by atoms with van der Waals surface area (Å²) in [7, 11) is 0.